The fourth-order valence-electron chi connectivity index (χ4n) is 3.74. The lowest BCUT2D eigenvalue weighted by molar-refractivity contribution is 0.395. The molecule has 0 saturated carbocycles. The molecule has 1 saturated heterocycles. The molecule has 112 valence electrons. The molecule has 0 aliphatic carbocycles. The first-order valence-corrected chi connectivity index (χ1v) is 8.15. The molecule has 0 bridgehead atoms. The average Bonchev–Trinajstić information content (AvgIpc) is 3.13. The standard InChI is InChI=1S/C20H22N2/c1-22-12-11-15(14-22)13-18-17-9-5-6-10-19(17)21-20(18)16-7-3-2-4-8-16/h2-10,15,21H,11-14H2,1H3. The number of likely N-dealkylation sites (tertiary alicyclic amines) is 1. The second-order valence-electron chi connectivity index (χ2n) is 6.51. The summed E-state index contributed by atoms with van der Waals surface area (Å²) in [5.74, 6) is 0.770. The van der Waals surface area contributed by atoms with E-state index < -0.39 is 0 Å². The van der Waals surface area contributed by atoms with Crippen molar-refractivity contribution in [1.82, 2.24) is 9.88 Å². The van der Waals surface area contributed by atoms with Gasteiger partial charge >= 0.3 is 0 Å². The molecule has 2 nitrogen and oxygen atoms in total. The Morgan fingerprint density at radius 2 is 1.82 bits per heavy atom. The van der Waals surface area contributed by atoms with E-state index in [-0.39, 0.29) is 0 Å². The number of nitrogens with zero attached hydrogens (tertiary/aromatic N) is 1. The lowest BCUT2D eigenvalue weighted by Gasteiger charge is -2.12. The Labute approximate surface area is 131 Å². The number of benzene rings is 2. The highest BCUT2D eigenvalue weighted by Gasteiger charge is 2.23. The van der Waals surface area contributed by atoms with Crippen molar-refractivity contribution >= 4 is 10.9 Å². The molecule has 1 unspecified atom stereocenters. The number of fused-ring (bicyclic) bond motifs is 1. The molecule has 2 heteroatoms. The van der Waals surface area contributed by atoms with Crippen molar-refractivity contribution in [3.8, 4) is 11.3 Å². The highest BCUT2D eigenvalue weighted by atomic mass is 15.1. The number of H-pyrrole nitrogens is 1. The number of aromatic amines is 1. The monoisotopic (exact) mass is 290 g/mol. The SMILES string of the molecule is CN1CCC(Cc2c(-c3ccccc3)[nH]c3ccccc23)C1. The van der Waals surface area contributed by atoms with Crippen molar-refractivity contribution in [2.24, 2.45) is 5.92 Å². The number of rotatable bonds is 3. The largest absolute Gasteiger partial charge is 0.354 e. The maximum Gasteiger partial charge on any atom is 0.0497 e. The Bertz CT molecular complexity index is 773. The summed E-state index contributed by atoms with van der Waals surface area (Å²) in [6, 6.07) is 19.4. The third-order valence-corrected chi connectivity index (χ3v) is 4.86. The van der Waals surface area contributed by atoms with Crippen LogP contribution in [0.25, 0.3) is 22.2 Å². The molecule has 2 aromatic carbocycles. The van der Waals surface area contributed by atoms with Crippen LogP contribution >= 0.6 is 0 Å². The van der Waals surface area contributed by atoms with Crippen molar-refractivity contribution in [3.63, 3.8) is 0 Å². The van der Waals surface area contributed by atoms with E-state index >= 15 is 0 Å². The zero-order chi connectivity index (χ0) is 14.9. The van der Waals surface area contributed by atoms with Crippen LogP contribution in [0.2, 0.25) is 0 Å². The molecule has 0 amide bonds. The van der Waals surface area contributed by atoms with Gasteiger partial charge in [0.05, 0.1) is 0 Å². The Morgan fingerprint density at radius 3 is 2.59 bits per heavy atom. The number of nitrogens with one attached hydrogen (secondary N) is 1. The summed E-state index contributed by atoms with van der Waals surface area (Å²) < 4.78 is 0. The maximum absolute atomic E-state index is 3.65. The smallest absolute Gasteiger partial charge is 0.0497 e. The first-order valence-electron chi connectivity index (χ1n) is 8.15. The molecule has 22 heavy (non-hydrogen) atoms. The zero-order valence-electron chi connectivity index (χ0n) is 13.0. The molecule has 0 radical (unpaired) electrons. The summed E-state index contributed by atoms with van der Waals surface area (Å²) in [6.45, 7) is 2.45. The van der Waals surface area contributed by atoms with Crippen molar-refractivity contribution in [1.29, 1.82) is 0 Å². The summed E-state index contributed by atoms with van der Waals surface area (Å²) in [7, 11) is 2.23. The van der Waals surface area contributed by atoms with E-state index in [1.807, 2.05) is 0 Å². The maximum atomic E-state index is 3.65. The summed E-state index contributed by atoms with van der Waals surface area (Å²) in [6.07, 6.45) is 2.48. The van der Waals surface area contributed by atoms with Crippen LogP contribution in [-0.4, -0.2) is 30.0 Å². The van der Waals surface area contributed by atoms with Crippen LogP contribution < -0.4 is 0 Å². The van der Waals surface area contributed by atoms with E-state index in [0.29, 0.717) is 0 Å². The van der Waals surface area contributed by atoms with E-state index in [9.17, 15) is 0 Å². The van der Waals surface area contributed by atoms with Gasteiger partial charge in [-0.3, -0.25) is 0 Å². The van der Waals surface area contributed by atoms with Crippen molar-refractivity contribution in [2.75, 3.05) is 20.1 Å². The van der Waals surface area contributed by atoms with Crippen molar-refractivity contribution in [2.45, 2.75) is 12.8 Å². The van der Waals surface area contributed by atoms with Gasteiger partial charge in [0.15, 0.2) is 0 Å². The van der Waals surface area contributed by atoms with Crippen LogP contribution in [0.4, 0.5) is 0 Å². The van der Waals surface area contributed by atoms with Gasteiger partial charge in [0.2, 0.25) is 0 Å². The van der Waals surface area contributed by atoms with Gasteiger partial charge in [-0.05, 0) is 49.5 Å². The minimum absolute atomic E-state index is 0.770. The number of aromatic nitrogens is 1. The molecule has 1 aromatic heterocycles. The summed E-state index contributed by atoms with van der Waals surface area (Å²) >= 11 is 0. The number of hydrogen-bond acceptors (Lipinski definition) is 1. The summed E-state index contributed by atoms with van der Waals surface area (Å²) in [5.41, 5.74) is 5.33. The Kier molecular flexibility index (Phi) is 3.47. The minimum Gasteiger partial charge on any atom is -0.354 e. The van der Waals surface area contributed by atoms with Gasteiger partial charge in [0.25, 0.3) is 0 Å². The van der Waals surface area contributed by atoms with E-state index in [1.54, 1.807) is 0 Å². The van der Waals surface area contributed by atoms with Gasteiger partial charge in [-0.2, -0.15) is 0 Å². The summed E-state index contributed by atoms with van der Waals surface area (Å²) in [4.78, 5) is 6.10. The lowest BCUT2D eigenvalue weighted by Crippen LogP contribution is -2.15. The fourth-order valence-corrected chi connectivity index (χ4v) is 3.74. The quantitative estimate of drug-likeness (QED) is 0.760. The molecule has 1 aliphatic heterocycles. The first kappa shape index (κ1) is 13.6. The molecular formula is C20H22N2. The van der Waals surface area contributed by atoms with Gasteiger partial charge in [-0.25, -0.2) is 0 Å². The predicted octanol–water partition coefficient (Wildman–Crippen LogP) is 4.33. The van der Waals surface area contributed by atoms with Crippen molar-refractivity contribution < 1.29 is 0 Å². The van der Waals surface area contributed by atoms with Gasteiger partial charge in [-0.1, -0.05) is 48.5 Å². The molecule has 2 heterocycles. The zero-order valence-corrected chi connectivity index (χ0v) is 13.0. The molecule has 1 aliphatic rings. The average molecular weight is 290 g/mol. The topological polar surface area (TPSA) is 19.0 Å². The van der Waals surface area contributed by atoms with Crippen LogP contribution in [-0.2, 0) is 6.42 Å². The second kappa shape index (κ2) is 5.62. The normalized spacial score (nSPS) is 19.0. The molecule has 4 rings (SSSR count). The fraction of sp³-hybridized carbons (Fsp3) is 0.300. The lowest BCUT2D eigenvalue weighted by atomic mass is 9.94. The third kappa shape index (κ3) is 2.44. The van der Waals surface area contributed by atoms with E-state index in [1.165, 1.54) is 53.7 Å². The molecule has 1 atom stereocenters. The van der Waals surface area contributed by atoms with Crippen LogP contribution in [0.15, 0.2) is 54.6 Å². The summed E-state index contributed by atoms with van der Waals surface area (Å²) in [5, 5.41) is 1.39. The first-order chi connectivity index (χ1) is 10.8. The highest BCUT2D eigenvalue weighted by Crippen LogP contribution is 2.33. The van der Waals surface area contributed by atoms with Crippen LogP contribution in [0, 0.1) is 5.92 Å². The van der Waals surface area contributed by atoms with Gasteiger partial charge in [0, 0.05) is 23.1 Å². The van der Waals surface area contributed by atoms with Gasteiger partial charge in [0.1, 0.15) is 0 Å². The van der Waals surface area contributed by atoms with Crippen molar-refractivity contribution in [3.05, 3.63) is 60.2 Å². The predicted molar refractivity (Wildman–Crippen MR) is 93.0 cm³/mol. The van der Waals surface area contributed by atoms with E-state index in [0.717, 1.165) is 5.92 Å². The van der Waals surface area contributed by atoms with Crippen LogP contribution in [0.5, 0.6) is 0 Å². The Balaban J connectivity index is 1.80. The van der Waals surface area contributed by atoms with Crippen LogP contribution in [0.3, 0.4) is 0 Å². The van der Waals surface area contributed by atoms with Crippen LogP contribution in [0.1, 0.15) is 12.0 Å². The minimum atomic E-state index is 0.770. The molecule has 3 aromatic rings. The second-order valence-corrected chi connectivity index (χ2v) is 6.51. The molecule has 1 fully saturated rings. The number of para-hydroxylation sites is 1. The van der Waals surface area contributed by atoms with Gasteiger partial charge < -0.3 is 9.88 Å². The molecular weight excluding hydrogens is 268 g/mol. The third-order valence-electron chi connectivity index (χ3n) is 4.86. The van der Waals surface area contributed by atoms with Gasteiger partial charge in [-0.15, -0.1) is 0 Å². The molecule has 0 spiro atoms. The van der Waals surface area contributed by atoms with E-state index in [2.05, 4.69) is 71.5 Å². The highest BCUT2D eigenvalue weighted by molar-refractivity contribution is 5.90. The Morgan fingerprint density at radius 1 is 1.05 bits per heavy atom. The number of hydrogen-bond donors (Lipinski definition) is 1. The molecule has 1 N–H and O–H groups in total. The Hall–Kier alpha value is -2.06. The van der Waals surface area contributed by atoms with E-state index in [4.69, 9.17) is 0 Å².